The standard InChI is InChI=1S/C44H76NO9P/c1-6-8-10-11-12-13-16-21-24-27-31-35-44(47)53-40(39-52-55(48,49)51-37-36-45(3,4)5)38-50-43(46)34-30-26-23-20-18-15-14-17-19-22-25-29-33-42-41(54-42)32-28-9-7-2/h9,15,17-19,23,25-26,28-29,40-42H,6-8,10-14,16,20-22,24,27,30-39H2,1-5H3/b18-15-,19-17-,26-23-,28-9-,29-25-/t40-,41?,42?/m1/s1. The van der Waals surface area contributed by atoms with Crippen molar-refractivity contribution in [3.63, 3.8) is 0 Å². The van der Waals surface area contributed by atoms with Crippen LogP contribution in [0.1, 0.15) is 142 Å². The van der Waals surface area contributed by atoms with Crippen molar-refractivity contribution in [1.29, 1.82) is 0 Å². The molecule has 11 heteroatoms. The van der Waals surface area contributed by atoms with Crippen LogP contribution in [0.3, 0.4) is 0 Å². The van der Waals surface area contributed by atoms with Crippen molar-refractivity contribution in [3.05, 3.63) is 60.8 Å². The van der Waals surface area contributed by atoms with Crippen molar-refractivity contribution >= 4 is 19.8 Å². The summed E-state index contributed by atoms with van der Waals surface area (Å²) in [6.45, 7) is 3.99. The van der Waals surface area contributed by atoms with Crippen LogP contribution in [0.2, 0.25) is 0 Å². The summed E-state index contributed by atoms with van der Waals surface area (Å²) in [5.41, 5.74) is 0. The number of rotatable bonds is 36. The summed E-state index contributed by atoms with van der Waals surface area (Å²) < 4.78 is 39.4. The number of nitrogens with zero attached hydrogens (tertiary/aromatic N) is 1. The lowest BCUT2D eigenvalue weighted by Gasteiger charge is -2.28. The molecule has 0 aromatic rings. The molecule has 0 bridgehead atoms. The number of unbranched alkanes of at least 4 members (excludes halogenated alkanes) is 10. The van der Waals surface area contributed by atoms with E-state index >= 15 is 0 Å². The van der Waals surface area contributed by atoms with E-state index in [1.807, 2.05) is 33.3 Å². The number of carbonyl (C=O) groups is 2. The molecule has 0 spiro atoms. The minimum Gasteiger partial charge on any atom is -0.756 e. The molecule has 3 unspecified atom stereocenters. The number of allylic oxidation sites excluding steroid dienone is 8. The van der Waals surface area contributed by atoms with Gasteiger partial charge in [-0.2, -0.15) is 0 Å². The molecular formula is C44H76NO9P. The SMILES string of the molecule is CC/C=C\CC1OC1C/C=C\C/C=C\C/C=C\C/C=C\CCC(=O)OC[C@H](COP(=O)([O-])OCC[N+](C)(C)C)OC(=O)CCCCCCCCCCCCC. The summed E-state index contributed by atoms with van der Waals surface area (Å²) in [6.07, 6.45) is 40.2. The lowest BCUT2D eigenvalue weighted by molar-refractivity contribution is -0.870. The number of hydrogen-bond acceptors (Lipinski definition) is 9. The molecular weight excluding hydrogens is 717 g/mol. The molecule has 0 N–H and O–H groups in total. The molecule has 316 valence electrons. The van der Waals surface area contributed by atoms with Gasteiger partial charge in [-0.25, -0.2) is 0 Å². The number of likely N-dealkylation sites (N-methyl/N-ethyl adjacent to an activating group) is 1. The van der Waals surface area contributed by atoms with Crippen LogP contribution < -0.4 is 4.89 Å². The van der Waals surface area contributed by atoms with Crippen LogP contribution in [0.15, 0.2) is 60.8 Å². The molecule has 0 aromatic carbocycles. The largest absolute Gasteiger partial charge is 0.756 e. The minimum atomic E-state index is -4.64. The molecule has 1 rings (SSSR count). The van der Waals surface area contributed by atoms with E-state index in [1.54, 1.807) is 0 Å². The Hall–Kier alpha value is -2.33. The molecule has 0 saturated carbocycles. The predicted octanol–water partition coefficient (Wildman–Crippen LogP) is 10.0. The van der Waals surface area contributed by atoms with Gasteiger partial charge in [-0.05, 0) is 51.4 Å². The van der Waals surface area contributed by atoms with Gasteiger partial charge in [0.15, 0.2) is 6.10 Å². The Morgan fingerprint density at radius 2 is 1.20 bits per heavy atom. The number of ether oxygens (including phenoxy) is 3. The van der Waals surface area contributed by atoms with Gasteiger partial charge >= 0.3 is 11.9 Å². The quantitative estimate of drug-likeness (QED) is 0.0152. The summed E-state index contributed by atoms with van der Waals surface area (Å²) in [4.78, 5) is 37.4. The van der Waals surface area contributed by atoms with Gasteiger partial charge in [0.2, 0.25) is 0 Å². The molecule has 0 amide bonds. The zero-order valence-corrected chi connectivity index (χ0v) is 35.9. The number of phosphoric ester groups is 1. The highest BCUT2D eigenvalue weighted by atomic mass is 31.2. The van der Waals surface area contributed by atoms with Crippen molar-refractivity contribution in [2.24, 2.45) is 0 Å². The molecule has 1 heterocycles. The molecule has 4 atom stereocenters. The minimum absolute atomic E-state index is 0.0454. The van der Waals surface area contributed by atoms with Gasteiger partial charge in [-0.1, -0.05) is 139 Å². The van der Waals surface area contributed by atoms with E-state index in [9.17, 15) is 19.0 Å². The number of carbonyl (C=O) groups excluding carboxylic acids is 2. The molecule has 10 nitrogen and oxygen atoms in total. The number of esters is 2. The summed E-state index contributed by atoms with van der Waals surface area (Å²) in [5.74, 6) is -0.942. The first kappa shape index (κ1) is 50.7. The smallest absolute Gasteiger partial charge is 0.306 e. The fourth-order valence-electron chi connectivity index (χ4n) is 5.54. The number of phosphoric acid groups is 1. The van der Waals surface area contributed by atoms with E-state index in [-0.39, 0.29) is 26.1 Å². The molecule has 55 heavy (non-hydrogen) atoms. The van der Waals surface area contributed by atoms with Gasteiger partial charge in [-0.15, -0.1) is 0 Å². The van der Waals surface area contributed by atoms with Crippen molar-refractivity contribution in [2.75, 3.05) is 47.5 Å². The highest BCUT2D eigenvalue weighted by Crippen LogP contribution is 2.38. The Morgan fingerprint density at radius 1 is 0.673 bits per heavy atom. The second-order valence-electron chi connectivity index (χ2n) is 15.4. The molecule has 0 aromatic heterocycles. The van der Waals surface area contributed by atoms with Crippen LogP contribution in [-0.2, 0) is 37.4 Å². The Bertz CT molecular complexity index is 1190. The number of quaternary nitrogens is 1. The summed E-state index contributed by atoms with van der Waals surface area (Å²) in [6, 6.07) is 0. The monoisotopic (exact) mass is 794 g/mol. The summed E-state index contributed by atoms with van der Waals surface area (Å²) >= 11 is 0. The zero-order chi connectivity index (χ0) is 40.5. The normalized spacial score (nSPS) is 17.9. The highest BCUT2D eigenvalue weighted by molar-refractivity contribution is 7.45. The van der Waals surface area contributed by atoms with Gasteiger partial charge in [0, 0.05) is 12.8 Å². The first-order chi connectivity index (χ1) is 26.5. The zero-order valence-electron chi connectivity index (χ0n) is 35.0. The molecule has 1 saturated heterocycles. The fraction of sp³-hybridized carbons (Fsp3) is 0.727. The van der Waals surface area contributed by atoms with Crippen molar-refractivity contribution in [3.8, 4) is 0 Å². The second kappa shape index (κ2) is 32.7. The maximum absolute atomic E-state index is 12.6. The molecule has 1 aliphatic rings. The van der Waals surface area contributed by atoms with E-state index in [0.717, 1.165) is 57.8 Å². The highest BCUT2D eigenvalue weighted by Gasteiger charge is 2.35. The van der Waals surface area contributed by atoms with Crippen LogP contribution in [0.5, 0.6) is 0 Å². The lowest BCUT2D eigenvalue weighted by atomic mass is 10.1. The molecule has 1 aliphatic heterocycles. The second-order valence-corrected chi connectivity index (χ2v) is 16.8. The third-order valence-corrected chi connectivity index (χ3v) is 9.93. The Kier molecular flexibility index (Phi) is 30.2. The first-order valence-electron chi connectivity index (χ1n) is 21.1. The van der Waals surface area contributed by atoms with Gasteiger partial charge in [-0.3, -0.25) is 14.2 Å². The van der Waals surface area contributed by atoms with Crippen LogP contribution in [0.25, 0.3) is 0 Å². The van der Waals surface area contributed by atoms with Gasteiger partial charge in [0.25, 0.3) is 7.82 Å². The third-order valence-electron chi connectivity index (χ3n) is 8.97. The van der Waals surface area contributed by atoms with Crippen molar-refractivity contribution in [2.45, 2.75) is 161 Å². The van der Waals surface area contributed by atoms with E-state index < -0.39 is 32.5 Å². The Morgan fingerprint density at radius 3 is 1.76 bits per heavy atom. The van der Waals surface area contributed by atoms with E-state index in [4.69, 9.17) is 23.3 Å². The van der Waals surface area contributed by atoms with E-state index in [2.05, 4.69) is 62.5 Å². The number of hydrogen-bond donors (Lipinski definition) is 0. The summed E-state index contributed by atoms with van der Waals surface area (Å²) in [5, 5.41) is 0. The predicted molar refractivity (Wildman–Crippen MR) is 221 cm³/mol. The fourth-order valence-corrected chi connectivity index (χ4v) is 6.27. The maximum atomic E-state index is 12.6. The Labute approximate surface area is 334 Å². The van der Waals surface area contributed by atoms with Crippen molar-refractivity contribution < 1.29 is 46.8 Å². The van der Waals surface area contributed by atoms with Crippen molar-refractivity contribution in [1.82, 2.24) is 0 Å². The molecule has 0 radical (unpaired) electrons. The maximum Gasteiger partial charge on any atom is 0.306 e. The molecule has 0 aliphatic carbocycles. The third kappa shape index (κ3) is 33.5. The first-order valence-corrected chi connectivity index (χ1v) is 22.6. The van der Waals surface area contributed by atoms with Crippen LogP contribution in [0.4, 0.5) is 0 Å². The van der Waals surface area contributed by atoms with Gasteiger partial charge in [0.1, 0.15) is 19.8 Å². The van der Waals surface area contributed by atoms with Gasteiger partial charge in [0.05, 0.1) is 40.0 Å². The van der Waals surface area contributed by atoms with E-state index in [0.29, 0.717) is 36.1 Å². The average Bonchev–Trinajstić information content (AvgIpc) is 3.89. The Balaban J connectivity index is 2.33. The van der Waals surface area contributed by atoms with Crippen LogP contribution in [-0.4, -0.2) is 82.2 Å². The van der Waals surface area contributed by atoms with Gasteiger partial charge < -0.3 is 32.6 Å². The number of epoxide rings is 1. The molecule has 1 fully saturated rings. The lowest BCUT2D eigenvalue weighted by Crippen LogP contribution is -2.37. The average molecular weight is 794 g/mol. The van der Waals surface area contributed by atoms with Crippen LogP contribution in [0, 0.1) is 0 Å². The topological polar surface area (TPSA) is 124 Å². The summed E-state index contributed by atoms with van der Waals surface area (Å²) in [7, 11) is 1.11. The van der Waals surface area contributed by atoms with Crippen LogP contribution >= 0.6 is 7.82 Å². The van der Waals surface area contributed by atoms with E-state index in [1.165, 1.54) is 44.9 Å².